The third-order valence-corrected chi connectivity index (χ3v) is 13.2. The van der Waals surface area contributed by atoms with Gasteiger partial charge in [-0.2, -0.15) is 0 Å². The van der Waals surface area contributed by atoms with Crippen LogP contribution in [0.25, 0.3) is 121 Å². The Morgan fingerprint density at radius 1 is 0.353 bits per heavy atom. The normalized spacial score (nSPS) is 12.4. The molecule has 6 aromatic carbocycles. The van der Waals surface area contributed by atoms with Gasteiger partial charge in [-0.1, -0.05) is 62.2 Å². The zero-order valence-corrected chi connectivity index (χ0v) is 38.5. The minimum absolute atomic E-state index is 0. The van der Waals surface area contributed by atoms with E-state index in [1.54, 1.807) is 0 Å². The molecule has 1 aliphatic rings. The van der Waals surface area contributed by atoms with Crippen molar-refractivity contribution in [2.75, 3.05) is 0 Å². The molecule has 0 atom stereocenters. The summed E-state index contributed by atoms with van der Waals surface area (Å²) in [6.07, 6.45) is 11.7. The summed E-state index contributed by atoms with van der Waals surface area (Å²) in [6, 6.07) is 50.4. The van der Waals surface area contributed by atoms with Crippen molar-refractivity contribution < 1.29 is 33.2 Å². The van der Waals surface area contributed by atoms with Crippen LogP contribution in [0.2, 0.25) is 0 Å². The summed E-state index contributed by atoms with van der Waals surface area (Å²) in [5.74, 6) is 0. The molecule has 320 valence electrons. The predicted octanol–water partition coefficient (Wildman–Crippen LogP) is 10.7. The maximum atomic E-state index is 5.34. The molecule has 0 bridgehead atoms. The third-order valence-electron chi connectivity index (χ3n) is 13.2. The van der Waals surface area contributed by atoms with E-state index in [0.717, 1.165) is 121 Å². The van der Waals surface area contributed by atoms with Gasteiger partial charge in [0.1, 0.15) is 22.1 Å². The first kappa shape index (κ1) is 39.9. The van der Waals surface area contributed by atoms with Crippen molar-refractivity contribution in [3.05, 3.63) is 194 Å². The van der Waals surface area contributed by atoms with Crippen molar-refractivity contribution in [3.8, 4) is 11.4 Å². The van der Waals surface area contributed by atoms with E-state index in [9.17, 15) is 0 Å². The molecule has 68 heavy (non-hydrogen) atoms. The number of fused-ring (bicyclic) bond motifs is 13. The molecule has 0 saturated carbocycles. The molecule has 8 aromatic heterocycles. The summed E-state index contributed by atoms with van der Waals surface area (Å²) in [4.78, 5) is 34.9. The fraction of sp³-hybridized carbons (Fsp3) is 0.0526. The van der Waals surface area contributed by atoms with Gasteiger partial charge in [-0.3, -0.25) is 9.97 Å². The maximum absolute atomic E-state index is 5.34. The number of rotatable bonds is 2. The third kappa shape index (κ3) is 6.05. The number of aromatic nitrogens is 10. The fourth-order valence-electron chi connectivity index (χ4n) is 10.2. The van der Waals surface area contributed by atoms with Gasteiger partial charge in [0, 0.05) is 61.7 Å². The van der Waals surface area contributed by atoms with Gasteiger partial charge in [-0.25, -0.2) is 24.9 Å². The Morgan fingerprint density at radius 2 is 0.735 bits per heavy atom. The Kier molecular flexibility index (Phi) is 9.00. The standard InChI is InChI=1S/C45H25N8.C12H12N2.Ru/c1-2-10-26-22-34-33(21-25(26)9-1)47-37-29-13-5-17-46-41(29)42-30(38(37)48-34)14-6-18-51(42)45-52-19-7-15-31-39-40(32-16-8-20-53(45)44(32)43(31)52)50-36-24-28-12-4-3-11-27(28)23-35(36)49-39;1-9-3-5-13-11(7-9)12-8-10(2)4-6-14-12;/h1-24,45H;3-8H,1-2H3;/q+3;;. The molecule has 0 N–H and O–H groups in total. The van der Waals surface area contributed by atoms with Gasteiger partial charge in [0.25, 0.3) is 16.6 Å². The number of aryl methyl sites for hydroxylation is 2. The predicted molar refractivity (Wildman–Crippen MR) is 264 cm³/mol. The Balaban J connectivity index is 0.000000263. The van der Waals surface area contributed by atoms with Crippen LogP contribution in [-0.2, 0) is 19.5 Å². The Morgan fingerprint density at radius 3 is 1.16 bits per heavy atom. The van der Waals surface area contributed by atoms with Crippen LogP contribution in [0.4, 0.5) is 0 Å². The second-order valence-electron chi connectivity index (χ2n) is 17.4. The average Bonchev–Trinajstić information content (AvgIpc) is 3.71. The first-order valence-electron chi connectivity index (χ1n) is 22.4. The molecule has 0 spiro atoms. The van der Waals surface area contributed by atoms with Gasteiger partial charge in [0.05, 0.1) is 55.1 Å². The van der Waals surface area contributed by atoms with E-state index >= 15 is 0 Å². The fourth-order valence-corrected chi connectivity index (χ4v) is 10.2. The summed E-state index contributed by atoms with van der Waals surface area (Å²) >= 11 is 0. The van der Waals surface area contributed by atoms with Crippen LogP contribution < -0.4 is 13.7 Å². The quantitative estimate of drug-likeness (QED) is 0.0736. The number of nitrogens with zero attached hydrogens (tertiary/aromatic N) is 10. The minimum Gasteiger partial charge on any atom is -0.255 e. The first-order valence-corrected chi connectivity index (χ1v) is 22.4. The van der Waals surface area contributed by atoms with E-state index in [4.69, 9.17) is 24.9 Å². The Hall–Kier alpha value is -8.40. The van der Waals surface area contributed by atoms with Crippen LogP contribution in [0.15, 0.2) is 183 Å². The molecule has 0 unspecified atom stereocenters. The molecule has 0 fully saturated rings. The van der Waals surface area contributed by atoms with Gasteiger partial charge >= 0.3 is 6.29 Å². The van der Waals surface area contributed by atoms with Crippen molar-refractivity contribution >= 4 is 109 Å². The van der Waals surface area contributed by atoms with Crippen molar-refractivity contribution in [1.82, 2.24) is 34.9 Å². The van der Waals surface area contributed by atoms with E-state index in [1.807, 2.05) is 48.9 Å². The Labute approximate surface area is 400 Å². The molecule has 11 heteroatoms. The molecule has 0 aliphatic carbocycles. The van der Waals surface area contributed by atoms with E-state index in [-0.39, 0.29) is 25.8 Å². The molecule has 0 radical (unpaired) electrons. The van der Waals surface area contributed by atoms with Gasteiger partial charge in [-0.15, -0.1) is 0 Å². The van der Waals surface area contributed by atoms with Crippen LogP contribution in [-0.4, -0.2) is 34.9 Å². The van der Waals surface area contributed by atoms with Crippen molar-refractivity contribution in [2.24, 2.45) is 0 Å². The molecular weight excluding hydrogens is 926 g/mol. The molecule has 15 rings (SSSR count). The molecule has 0 amide bonds. The van der Waals surface area contributed by atoms with Crippen LogP contribution >= 0.6 is 0 Å². The van der Waals surface area contributed by atoms with E-state index < -0.39 is 0 Å². The maximum Gasteiger partial charge on any atom is 0.554 e. The van der Waals surface area contributed by atoms with Crippen molar-refractivity contribution in [2.45, 2.75) is 20.1 Å². The van der Waals surface area contributed by atoms with Gasteiger partial charge in [0.2, 0.25) is 0 Å². The minimum atomic E-state index is -0.269. The summed E-state index contributed by atoms with van der Waals surface area (Å²) < 4.78 is 7.06. The van der Waals surface area contributed by atoms with E-state index in [1.165, 1.54) is 11.1 Å². The van der Waals surface area contributed by atoms with Crippen LogP contribution in [0, 0.1) is 13.8 Å². The molecular formula is C57H37N10Ru+3. The molecule has 14 aromatic rings. The topological polar surface area (TPSA) is 102 Å². The first-order chi connectivity index (χ1) is 33.0. The van der Waals surface area contributed by atoms with E-state index in [2.05, 4.69) is 171 Å². The Bertz CT molecular complexity index is 4300. The average molecular weight is 963 g/mol. The SMILES string of the molecule is Cc1ccnc(-c2cc(C)ccn2)c1.[Ru].c1ccc2cc3nc4c5ccc[n+](C6[n+]7cccc8c9nc%10cc%11ccccc%11cc%10nc9c9ccc[n+]6c9c87)c5c5ncccc5c4nc3cc2c1. The monoisotopic (exact) mass is 963 g/mol. The van der Waals surface area contributed by atoms with Gasteiger partial charge < -0.3 is 0 Å². The second kappa shape index (κ2) is 15.3. The van der Waals surface area contributed by atoms with Crippen LogP contribution in [0.1, 0.15) is 17.4 Å². The number of hydrogen-bond acceptors (Lipinski definition) is 7. The van der Waals surface area contributed by atoms with Crippen molar-refractivity contribution in [1.29, 1.82) is 0 Å². The molecule has 0 saturated heterocycles. The van der Waals surface area contributed by atoms with Crippen LogP contribution in [0.3, 0.4) is 0 Å². The van der Waals surface area contributed by atoms with Gasteiger partial charge in [0.15, 0.2) is 18.6 Å². The summed E-state index contributed by atoms with van der Waals surface area (Å²) in [6.45, 7) is 4.11. The number of pyridine rings is 6. The summed E-state index contributed by atoms with van der Waals surface area (Å²) in [5.41, 5.74) is 15.4. The van der Waals surface area contributed by atoms with Crippen LogP contribution in [0.5, 0.6) is 0 Å². The number of hydrogen-bond donors (Lipinski definition) is 0. The largest absolute Gasteiger partial charge is 0.554 e. The summed E-state index contributed by atoms with van der Waals surface area (Å²) in [5, 5.41) is 8.71. The zero-order valence-electron chi connectivity index (χ0n) is 36.7. The zero-order chi connectivity index (χ0) is 44.3. The molecule has 9 heterocycles. The summed E-state index contributed by atoms with van der Waals surface area (Å²) in [7, 11) is 0. The smallest absolute Gasteiger partial charge is 0.255 e. The van der Waals surface area contributed by atoms with Crippen molar-refractivity contribution in [3.63, 3.8) is 0 Å². The second-order valence-corrected chi connectivity index (χ2v) is 17.4. The molecule has 1 aliphatic heterocycles. The molecule has 10 nitrogen and oxygen atoms in total. The van der Waals surface area contributed by atoms with Gasteiger partial charge in [-0.05, 0) is 125 Å². The van der Waals surface area contributed by atoms with E-state index in [0.29, 0.717) is 0 Å². The number of benzene rings is 6.